The van der Waals surface area contributed by atoms with Crippen molar-refractivity contribution in [3.63, 3.8) is 0 Å². The second-order valence-electron chi connectivity index (χ2n) is 9.91. The first-order chi connectivity index (χ1) is 15.9. The average molecular weight is 481 g/mol. The Bertz CT molecular complexity index is 847. The van der Waals surface area contributed by atoms with Crippen molar-refractivity contribution in [3.8, 4) is 0 Å². The van der Waals surface area contributed by atoms with E-state index in [9.17, 15) is 29.1 Å². The Balaban J connectivity index is 1.95. The van der Waals surface area contributed by atoms with Gasteiger partial charge in [0.1, 0.15) is 30.3 Å². The second kappa shape index (κ2) is 10.3. The molecular weight excluding hydrogens is 444 g/mol. The molecule has 1 unspecified atom stereocenters. The van der Waals surface area contributed by atoms with Crippen LogP contribution in [0.2, 0.25) is 0 Å². The summed E-state index contributed by atoms with van der Waals surface area (Å²) >= 11 is 0. The predicted octanol–water partition coefficient (Wildman–Crippen LogP) is -0.738. The Hall–Kier alpha value is -2.69. The zero-order chi connectivity index (χ0) is 25.3. The van der Waals surface area contributed by atoms with E-state index in [1.165, 1.54) is 30.7 Å². The van der Waals surface area contributed by atoms with Gasteiger partial charge >= 0.3 is 5.97 Å². The third kappa shape index (κ3) is 5.18. The molecule has 3 aliphatic rings. The molecule has 0 aromatic rings. The zero-order valence-electron chi connectivity index (χ0n) is 20.5. The number of nitrogens with one attached hydrogen (secondary N) is 1. The lowest BCUT2D eigenvalue weighted by atomic mass is 10.1. The van der Waals surface area contributed by atoms with Crippen molar-refractivity contribution in [2.75, 3.05) is 20.1 Å². The van der Waals surface area contributed by atoms with Gasteiger partial charge in [-0.15, -0.1) is 0 Å². The Morgan fingerprint density at radius 1 is 1.03 bits per heavy atom. The van der Waals surface area contributed by atoms with Crippen LogP contribution in [-0.2, 0) is 28.7 Å². The monoisotopic (exact) mass is 480 g/mol. The van der Waals surface area contributed by atoms with Gasteiger partial charge in [-0.3, -0.25) is 19.2 Å². The van der Waals surface area contributed by atoms with Gasteiger partial charge in [-0.05, 0) is 46.0 Å². The van der Waals surface area contributed by atoms with Crippen LogP contribution in [0.15, 0.2) is 0 Å². The van der Waals surface area contributed by atoms with Crippen molar-refractivity contribution < 1.29 is 33.8 Å². The number of rotatable bonds is 1. The van der Waals surface area contributed by atoms with E-state index >= 15 is 0 Å². The Morgan fingerprint density at radius 3 is 2.35 bits per heavy atom. The number of likely N-dealkylation sites (N-methyl/N-ethyl adjacent to an activating group) is 1. The average Bonchev–Trinajstić information content (AvgIpc) is 3.38. The number of nitrogens with zero attached hydrogens (tertiary/aromatic N) is 3. The third-order valence-corrected chi connectivity index (χ3v) is 6.92. The third-order valence-electron chi connectivity index (χ3n) is 6.92. The van der Waals surface area contributed by atoms with Gasteiger partial charge in [-0.2, -0.15) is 0 Å². The highest BCUT2D eigenvalue weighted by Crippen LogP contribution is 2.27. The van der Waals surface area contributed by atoms with E-state index in [-0.39, 0.29) is 18.2 Å². The molecule has 3 aliphatic heterocycles. The number of ether oxygens (including phenoxy) is 1. The fraction of sp³-hybridized carbons (Fsp3) is 0.783. The zero-order valence-corrected chi connectivity index (χ0v) is 20.5. The fourth-order valence-corrected chi connectivity index (χ4v) is 5.22. The summed E-state index contributed by atoms with van der Waals surface area (Å²) in [6.07, 6.45) is -0.552. The number of esters is 1. The van der Waals surface area contributed by atoms with Gasteiger partial charge in [-0.25, -0.2) is 4.79 Å². The first kappa shape index (κ1) is 25.9. The molecule has 7 atom stereocenters. The SMILES string of the molecule is C[C@@H]1C[C@H]2C(=O)O[C@@H](C)CC(=O)N3CCC[C@H]3C(=O)N(C)C([C@H](C)O)C(=O)N[C@@H](C)C(=O)N2C1. The summed E-state index contributed by atoms with van der Waals surface area (Å²) in [5.74, 6) is -2.44. The maximum atomic E-state index is 13.3. The molecular formula is C23H36N4O7. The van der Waals surface area contributed by atoms with Gasteiger partial charge in [-0.1, -0.05) is 6.92 Å². The maximum absolute atomic E-state index is 13.3. The van der Waals surface area contributed by atoms with Crippen molar-refractivity contribution in [3.05, 3.63) is 0 Å². The van der Waals surface area contributed by atoms with E-state index in [2.05, 4.69) is 5.32 Å². The normalized spacial score (nSPS) is 35.1. The molecule has 0 aromatic heterocycles. The number of carbonyl (C=O) groups is 5. The van der Waals surface area contributed by atoms with Gasteiger partial charge in [0.15, 0.2) is 0 Å². The molecule has 11 nitrogen and oxygen atoms in total. The summed E-state index contributed by atoms with van der Waals surface area (Å²) in [5, 5.41) is 12.9. The predicted molar refractivity (Wildman–Crippen MR) is 120 cm³/mol. The molecule has 3 rings (SSSR count). The topological polar surface area (TPSA) is 137 Å². The quantitative estimate of drug-likeness (QED) is 0.472. The van der Waals surface area contributed by atoms with Crippen LogP contribution in [0.1, 0.15) is 53.4 Å². The molecule has 3 heterocycles. The van der Waals surface area contributed by atoms with Crippen molar-refractivity contribution >= 4 is 29.6 Å². The highest BCUT2D eigenvalue weighted by Gasteiger charge is 2.44. The number of hydrogen-bond acceptors (Lipinski definition) is 7. The van der Waals surface area contributed by atoms with Gasteiger partial charge in [0.25, 0.3) is 0 Å². The fourth-order valence-electron chi connectivity index (χ4n) is 5.22. The molecule has 190 valence electrons. The van der Waals surface area contributed by atoms with E-state index in [0.29, 0.717) is 32.4 Å². The van der Waals surface area contributed by atoms with Crippen LogP contribution in [0.5, 0.6) is 0 Å². The molecule has 0 bridgehead atoms. The molecule has 0 radical (unpaired) electrons. The molecule has 2 N–H and O–H groups in total. The molecule has 0 aliphatic carbocycles. The van der Waals surface area contributed by atoms with Crippen molar-refractivity contribution in [2.45, 2.75) is 89.8 Å². The van der Waals surface area contributed by atoms with Crippen molar-refractivity contribution in [1.29, 1.82) is 0 Å². The van der Waals surface area contributed by atoms with Gasteiger partial charge in [0, 0.05) is 20.1 Å². The summed E-state index contributed by atoms with van der Waals surface area (Å²) in [6.45, 7) is 7.16. The van der Waals surface area contributed by atoms with E-state index in [1.807, 2.05) is 6.92 Å². The van der Waals surface area contributed by atoms with E-state index in [0.717, 1.165) is 4.90 Å². The highest BCUT2D eigenvalue weighted by molar-refractivity contribution is 5.95. The van der Waals surface area contributed by atoms with E-state index < -0.39 is 60.1 Å². The molecule has 0 aromatic carbocycles. The number of aliphatic hydroxyl groups excluding tert-OH is 1. The minimum atomic E-state index is -1.25. The van der Waals surface area contributed by atoms with Crippen LogP contribution in [-0.4, -0.2) is 106 Å². The van der Waals surface area contributed by atoms with E-state index in [4.69, 9.17) is 4.74 Å². The van der Waals surface area contributed by atoms with Crippen LogP contribution < -0.4 is 5.32 Å². The maximum Gasteiger partial charge on any atom is 0.329 e. The summed E-state index contributed by atoms with van der Waals surface area (Å²) in [7, 11) is 1.42. The number of cyclic esters (lactones) is 1. The molecule has 3 saturated heterocycles. The first-order valence-corrected chi connectivity index (χ1v) is 12.0. The van der Waals surface area contributed by atoms with Crippen LogP contribution in [0.3, 0.4) is 0 Å². The van der Waals surface area contributed by atoms with E-state index in [1.54, 1.807) is 6.92 Å². The minimum absolute atomic E-state index is 0.0581. The lowest BCUT2D eigenvalue weighted by Gasteiger charge is -2.35. The lowest BCUT2D eigenvalue weighted by Crippen LogP contribution is -2.60. The Labute approximate surface area is 199 Å². The number of fused-ring (bicyclic) bond motifs is 2. The van der Waals surface area contributed by atoms with Crippen molar-refractivity contribution in [1.82, 2.24) is 20.0 Å². The minimum Gasteiger partial charge on any atom is -0.461 e. The number of carbonyl (C=O) groups excluding carboxylic acids is 5. The van der Waals surface area contributed by atoms with Crippen LogP contribution in [0.25, 0.3) is 0 Å². The smallest absolute Gasteiger partial charge is 0.329 e. The molecule has 3 fully saturated rings. The molecule has 0 spiro atoms. The largest absolute Gasteiger partial charge is 0.461 e. The Morgan fingerprint density at radius 2 is 1.71 bits per heavy atom. The van der Waals surface area contributed by atoms with Gasteiger partial charge < -0.3 is 29.9 Å². The first-order valence-electron chi connectivity index (χ1n) is 12.0. The van der Waals surface area contributed by atoms with Gasteiger partial charge in [0.05, 0.1) is 12.5 Å². The summed E-state index contributed by atoms with van der Waals surface area (Å²) in [4.78, 5) is 69.4. The molecule has 0 saturated carbocycles. The summed E-state index contributed by atoms with van der Waals surface area (Å²) in [5.41, 5.74) is 0. The summed E-state index contributed by atoms with van der Waals surface area (Å²) < 4.78 is 5.54. The van der Waals surface area contributed by atoms with Crippen LogP contribution in [0, 0.1) is 5.92 Å². The Kier molecular flexibility index (Phi) is 7.84. The number of amides is 4. The second-order valence-corrected chi connectivity index (χ2v) is 9.91. The molecule has 4 amide bonds. The molecule has 34 heavy (non-hydrogen) atoms. The van der Waals surface area contributed by atoms with Gasteiger partial charge in [0.2, 0.25) is 23.6 Å². The van der Waals surface area contributed by atoms with Crippen LogP contribution in [0.4, 0.5) is 0 Å². The summed E-state index contributed by atoms with van der Waals surface area (Å²) in [6, 6.07) is -3.80. The lowest BCUT2D eigenvalue weighted by molar-refractivity contribution is -0.160. The highest BCUT2D eigenvalue weighted by atomic mass is 16.5. The van der Waals surface area contributed by atoms with Crippen LogP contribution >= 0.6 is 0 Å². The number of aliphatic hydroxyl groups is 1. The number of hydrogen-bond donors (Lipinski definition) is 2. The molecule has 11 heteroatoms. The standard InChI is InChI=1S/C23H36N4O7/c1-12-9-17-23(33)34-13(2)10-18(29)26-8-6-7-16(26)22(32)25(5)19(15(4)28)20(30)24-14(3)21(31)27(17)11-12/h12-17,19,28H,6-11H2,1-5H3,(H,24,30)/t12-,13+,14+,15+,16+,17+,19?/m1/s1. The van der Waals surface area contributed by atoms with Crippen molar-refractivity contribution in [2.24, 2.45) is 5.92 Å².